The van der Waals surface area contributed by atoms with Crippen LogP contribution in [-0.4, -0.2) is 20.1 Å². The quantitative estimate of drug-likeness (QED) is 0.702. The van der Waals surface area contributed by atoms with Crippen LogP contribution in [0, 0.1) is 0 Å². The number of ketones is 1. The van der Waals surface area contributed by atoms with Gasteiger partial charge in [0.25, 0.3) is 0 Å². The van der Waals surface area contributed by atoms with Crippen molar-refractivity contribution in [2.24, 2.45) is 5.14 Å². The number of primary sulfonamides is 1. The van der Waals surface area contributed by atoms with E-state index in [-0.39, 0.29) is 29.6 Å². The number of carbonyl (C=O) groups is 2. The summed E-state index contributed by atoms with van der Waals surface area (Å²) < 4.78 is 22.3. The van der Waals surface area contributed by atoms with Crippen LogP contribution in [0.3, 0.4) is 0 Å². The van der Waals surface area contributed by atoms with Gasteiger partial charge in [-0.2, -0.15) is 0 Å². The van der Waals surface area contributed by atoms with E-state index in [1.54, 1.807) is 36.4 Å². The first-order valence-corrected chi connectivity index (χ1v) is 9.37. The number of amides is 1. The second-order valence-electron chi connectivity index (χ2n) is 5.61. The van der Waals surface area contributed by atoms with Crippen molar-refractivity contribution in [1.29, 1.82) is 0 Å². The molecular formula is C18H20N2O4S. The highest BCUT2D eigenvalue weighted by Crippen LogP contribution is 2.09. The molecule has 0 aliphatic rings. The van der Waals surface area contributed by atoms with Crippen LogP contribution in [0.1, 0.15) is 35.2 Å². The Morgan fingerprint density at radius 1 is 0.920 bits per heavy atom. The number of carbonyl (C=O) groups excluding carboxylic acids is 2. The van der Waals surface area contributed by atoms with Crippen molar-refractivity contribution in [2.75, 3.05) is 0 Å². The van der Waals surface area contributed by atoms with Gasteiger partial charge in [0, 0.05) is 24.9 Å². The fraction of sp³-hybridized carbons (Fsp3) is 0.222. The number of sulfonamides is 1. The molecule has 0 heterocycles. The number of hydrogen-bond acceptors (Lipinski definition) is 4. The summed E-state index contributed by atoms with van der Waals surface area (Å²) in [5.74, 6) is -0.136. The molecule has 0 aliphatic carbocycles. The van der Waals surface area contributed by atoms with Crippen LogP contribution < -0.4 is 10.5 Å². The van der Waals surface area contributed by atoms with Gasteiger partial charge in [-0.1, -0.05) is 42.5 Å². The molecule has 0 spiro atoms. The third kappa shape index (κ3) is 6.13. The fourth-order valence-corrected chi connectivity index (χ4v) is 2.78. The molecule has 0 fully saturated rings. The van der Waals surface area contributed by atoms with Crippen LogP contribution >= 0.6 is 0 Å². The zero-order chi connectivity index (χ0) is 18.3. The fourth-order valence-electron chi connectivity index (χ4n) is 2.26. The zero-order valence-electron chi connectivity index (χ0n) is 13.6. The Bertz CT molecular complexity index is 831. The van der Waals surface area contributed by atoms with Crippen LogP contribution in [-0.2, 0) is 21.4 Å². The summed E-state index contributed by atoms with van der Waals surface area (Å²) in [4.78, 5) is 23.8. The smallest absolute Gasteiger partial charge is 0.238 e. The van der Waals surface area contributed by atoms with Gasteiger partial charge < -0.3 is 5.32 Å². The first-order chi connectivity index (χ1) is 11.9. The molecule has 1 amide bonds. The predicted molar refractivity (Wildman–Crippen MR) is 94.3 cm³/mol. The summed E-state index contributed by atoms with van der Waals surface area (Å²) in [6.07, 6.45) is 1.05. The van der Waals surface area contributed by atoms with Gasteiger partial charge in [0.1, 0.15) is 0 Å². The van der Waals surface area contributed by atoms with E-state index in [9.17, 15) is 18.0 Å². The van der Waals surface area contributed by atoms with Crippen LogP contribution in [0.5, 0.6) is 0 Å². The number of nitrogens with two attached hydrogens (primary N) is 1. The minimum Gasteiger partial charge on any atom is -0.352 e. The van der Waals surface area contributed by atoms with Gasteiger partial charge in [0.15, 0.2) is 5.78 Å². The van der Waals surface area contributed by atoms with Crippen molar-refractivity contribution in [2.45, 2.75) is 30.7 Å². The van der Waals surface area contributed by atoms with Crippen molar-refractivity contribution < 1.29 is 18.0 Å². The van der Waals surface area contributed by atoms with E-state index in [4.69, 9.17) is 5.14 Å². The molecule has 132 valence electrons. The van der Waals surface area contributed by atoms with Crippen LogP contribution in [0.2, 0.25) is 0 Å². The maximum Gasteiger partial charge on any atom is 0.238 e. The van der Waals surface area contributed by atoms with Gasteiger partial charge in [-0.05, 0) is 24.1 Å². The average molecular weight is 360 g/mol. The molecule has 2 rings (SSSR count). The molecule has 3 N–H and O–H groups in total. The maximum atomic E-state index is 11.9. The minimum atomic E-state index is -3.71. The summed E-state index contributed by atoms with van der Waals surface area (Å²) in [5.41, 5.74) is 1.42. The topological polar surface area (TPSA) is 106 Å². The lowest BCUT2D eigenvalue weighted by molar-refractivity contribution is -0.121. The van der Waals surface area contributed by atoms with E-state index in [0.29, 0.717) is 18.4 Å². The Balaban J connectivity index is 1.73. The Morgan fingerprint density at radius 2 is 1.56 bits per heavy atom. The van der Waals surface area contributed by atoms with Crippen molar-refractivity contribution in [3.63, 3.8) is 0 Å². The molecule has 2 aromatic rings. The second kappa shape index (κ2) is 8.55. The van der Waals surface area contributed by atoms with E-state index in [0.717, 1.165) is 5.56 Å². The van der Waals surface area contributed by atoms with Gasteiger partial charge in [0.2, 0.25) is 15.9 Å². The molecule has 0 saturated carbocycles. The number of benzene rings is 2. The normalized spacial score (nSPS) is 11.1. The third-order valence-corrected chi connectivity index (χ3v) is 4.57. The molecule has 2 aromatic carbocycles. The summed E-state index contributed by atoms with van der Waals surface area (Å²) in [5, 5.41) is 7.76. The summed E-state index contributed by atoms with van der Waals surface area (Å²) >= 11 is 0. The standard InChI is InChI=1S/C18H20N2O4S/c19-25(23,24)16-11-9-14(10-12-16)13-20-18(22)8-4-7-17(21)15-5-2-1-3-6-15/h1-3,5-6,9-12H,4,7-8,13H2,(H,20,22)(H2,19,23,24). The van der Waals surface area contributed by atoms with E-state index < -0.39 is 10.0 Å². The Morgan fingerprint density at radius 3 is 2.16 bits per heavy atom. The maximum absolute atomic E-state index is 11.9. The first kappa shape index (κ1) is 18.8. The zero-order valence-corrected chi connectivity index (χ0v) is 14.5. The highest BCUT2D eigenvalue weighted by molar-refractivity contribution is 7.89. The summed E-state index contributed by atoms with van der Waals surface area (Å²) in [6, 6.07) is 15.0. The van der Waals surface area contributed by atoms with Gasteiger partial charge >= 0.3 is 0 Å². The van der Waals surface area contributed by atoms with E-state index >= 15 is 0 Å². The van der Waals surface area contributed by atoms with Gasteiger partial charge in [0.05, 0.1) is 4.90 Å². The molecule has 0 aliphatic heterocycles. The van der Waals surface area contributed by atoms with Crippen molar-refractivity contribution >= 4 is 21.7 Å². The van der Waals surface area contributed by atoms with E-state index in [2.05, 4.69) is 5.32 Å². The van der Waals surface area contributed by atoms with Crippen molar-refractivity contribution in [3.8, 4) is 0 Å². The molecule has 7 heteroatoms. The predicted octanol–water partition coefficient (Wildman–Crippen LogP) is 2.00. The highest BCUT2D eigenvalue weighted by Gasteiger charge is 2.09. The molecule has 25 heavy (non-hydrogen) atoms. The SMILES string of the molecule is NS(=O)(=O)c1ccc(CNC(=O)CCCC(=O)c2ccccc2)cc1. The van der Waals surface area contributed by atoms with E-state index in [1.807, 2.05) is 6.07 Å². The number of Topliss-reactive ketones (excluding diaryl/α,β-unsaturated/α-hetero) is 1. The lowest BCUT2D eigenvalue weighted by Gasteiger charge is -2.06. The Hall–Kier alpha value is -2.51. The molecule has 0 aromatic heterocycles. The third-order valence-electron chi connectivity index (χ3n) is 3.65. The van der Waals surface area contributed by atoms with Gasteiger partial charge in [-0.3, -0.25) is 9.59 Å². The number of hydrogen-bond donors (Lipinski definition) is 2. The number of rotatable bonds is 8. The molecule has 0 saturated heterocycles. The lowest BCUT2D eigenvalue weighted by atomic mass is 10.1. The lowest BCUT2D eigenvalue weighted by Crippen LogP contribution is -2.22. The molecule has 6 nitrogen and oxygen atoms in total. The van der Waals surface area contributed by atoms with Crippen LogP contribution in [0.4, 0.5) is 0 Å². The highest BCUT2D eigenvalue weighted by atomic mass is 32.2. The van der Waals surface area contributed by atoms with Crippen molar-refractivity contribution in [1.82, 2.24) is 5.32 Å². The summed E-state index contributed by atoms with van der Waals surface area (Å²) in [6.45, 7) is 0.288. The van der Waals surface area contributed by atoms with Crippen LogP contribution in [0.15, 0.2) is 59.5 Å². The average Bonchev–Trinajstić information content (AvgIpc) is 2.60. The molecule has 0 radical (unpaired) electrons. The van der Waals surface area contributed by atoms with Gasteiger partial charge in [-0.25, -0.2) is 13.6 Å². The number of nitrogens with one attached hydrogen (secondary N) is 1. The largest absolute Gasteiger partial charge is 0.352 e. The first-order valence-electron chi connectivity index (χ1n) is 7.83. The van der Waals surface area contributed by atoms with Crippen LogP contribution in [0.25, 0.3) is 0 Å². The Labute approximate surface area is 147 Å². The molecular weight excluding hydrogens is 340 g/mol. The van der Waals surface area contributed by atoms with E-state index in [1.165, 1.54) is 12.1 Å². The monoisotopic (exact) mass is 360 g/mol. The minimum absolute atomic E-state index is 0.0204. The molecule has 0 unspecified atom stereocenters. The molecule has 0 bridgehead atoms. The Kier molecular flexibility index (Phi) is 6.44. The second-order valence-corrected chi connectivity index (χ2v) is 7.17. The van der Waals surface area contributed by atoms with Gasteiger partial charge in [-0.15, -0.1) is 0 Å². The van der Waals surface area contributed by atoms with Crippen molar-refractivity contribution in [3.05, 3.63) is 65.7 Å². The molecule has 0 atom stereocenters. The summed E-state index contributed by atoms with van der Waals surface area (Å²) in [7, 11) is -3.71.